The number of aromatic hydroxyl groups is 1. The predicted molar refractivity (Wildman–Crippen MR) is 74.2 cm³/mol. The molecule has 0 heterocycles. The van der Waals surface area contributed by atoms with Crippen LogP contribution in [0.3, 0.4) is 0 Å². The average molecular weight is 295 g/mol. The number of isocyanates is 1. The molecule has 0 aromatic heterocycles. The monoisotopic (exact) mass is 295 g/mol. The van der Waals surface area contributed by atoms with Gasteiger partial charge >= 0.3 is 0 Å². The lowest BCUT2D eigenvalue weighted by Crippen LogP contribution is -2.22. The van der Waals surface area contributed by atoms with Gasteiger partial charge in [0.15, 0.2) is 9.84 Å². The normalized spacial score (nSPS) is 17.7. The van der Waals surface area contributed by atoms with Gasteiger partial charge in [-0.1, -0.05) is 12.8 Å². The first-order valence-electron chi connectivity index (χ1n) is 6.43. The minimum absolute atomic E-state index is 0.0137. The van der Waals surface area contributed by atoms with Crippen molar-refractivity contribution in [1.29, 1.82) is 0 Å². The van der Waals surface area contributed by atoms with Crippen molar-refractivity contribution in [3.05, 3.63) is 23.3 Å². The number of phenolic OH excluding ortho intramolecular Hbond substituents is 1. The van der Waals surface area contributed by atoms with Crippen LogP contribution in [0.4, 0.5) is 0 Å². The molecule has 2 rings (SSSR count). The van der Waals surface area contributed by atoms with Crippen LogP contribution in [0.1, 0.15) is 36.8 Å². The van der Waals surface area contributed by atoms with Crippen LogP contribution < -0.4 is 0 Å². The Bertz CT molecular complexity index is 681. The van der Waals surface area contributed by atoms with E-state index >= 15 is 0 Å². The lowest BCUT2D eigenvalue weighted by Gasteiger charge is -2.25. The SMILES string of the molecule is Cc1cc(S(C)(=O)=O)c(C2(N=C=O)CCCC2)cc1O. The van der Waals surface area contributed by atoms with Gasteiger partial charge < -0.3 is 5.11 Å². The molecule has 5 nitrogen and oxygen atoms in total. The highest BCUT2D eigenvalue weighted by molar-refractivity contribution is 7.90. The second-order valence-corrected chi connectivity index (χ2v) is 7.33. The molecule has 1 aromatic carbocycles. The molecular weight excluding hydrogens is 278 g/mol. The molecule has 6 heteroatoms. The highest BCUT2D eigenvalue weighted by atomic mass is 32.2. The van der Waals surface area contributed by atoms with Crippen molar-refractivity contribution in [3.8, 4) is 5.75 Å². The summed E-state index contributed by atoms with van der Waals surface area (Å²) in [5.41, 5.74) is 0.0204. The lowest BCUT2D eigenvalue weighted by atomic mass is 9.88. The van der Waals surface area contributed by atoms with Crippen LogP contribution in [0.15, 0.2) is 22.0 Å². The topological polar surface area (TPSA) is 83.8 Å². The third kappa shape index (κ3) is 2.49. The van der Waals surface area contributed by atoms with Crippen molar-refractivity contribution < 1.29 is 18.3 Å². The molecule has 0 saturated heterocycles. The second-order valence-electron chi connectivity index (χ2n) is 5.35. The predicted octanol–water partition coefficient (Wildman–Crippen LogP) is 2.21. The van der Waals surface area contributed by atoms with Crippen molar-refractivity contribution in [1.82, 2.24) is 0 Å². The van der Waals surface area contributed by atoms with E-state index in [4.69, 9.17) is 0 Å². The number of benzene rings is 1. The van der Waals surface area contributed by atoms with Gasteiger partial charge in [-0.25, -0.2) is 13.2 Å². The smallest absolute Gasteiger partial charge is 0.235 e. The molecule has 0 unspecified atom stereocenters. The molecule has 20 heavy (non-hydrogen) atoms. The van der Waals surface area contributed by atoms with Crippen LogP contribution in [0.25, 0.3) is 0 Å². The third-order valence-corrected chi connectivity index (χ3v) is 5.03. The third-order valence-electron chi connectivity index (χ3n) is 3.89. The fourth-order valence-electron chi connectivity index (χ4n) is 2.83. The number of carbonyl (C=O) groups excluding carboxylic acids is 1. The Kier molecular flexibility index (Phi) is 3.71. The number of hydrogen-bond donors (Lipinski definition) is 1. The molecule has 1 saturated carbocycles. The fraction of sp³-hybridized carbons (Fsp3) is 0.500. The number of nitrogens with zero attached hydrogens (tertiary/aromatic N) is 1. The molecule has 0 spiro atoms. The van der Waals surface area contributed by atoms with Crippen LogP contribution >= 0.6 is 0 Å². The van der Waals surface area contributed by atoms with E-state index in [2.05, 4.69) is 4.99 Å². The molecule has 1 N–H and O–H groups in total. The summed E-state index contributed by atoms with van der Waals surface area (Å²) >= 11 is 0. The summed E-state index contributed by atoms with van der Waals surface area (Å²) in [5.74, 6) is 0.0137. The number of sulfone groups is 1. The first kappa shape index (κ1) is 14.8. The van der Waals surface area contributed by atoms with E-state index in [9.17, 15) is 18.3 Å². The Morgan fingerprint density at radius 3 is 2.40 bits per heavy atom. The molecule has 0 radical (unpaired) electrons. The summed E-state index contributed by atoms with van der Waals surface area (Å²) in [6, 6.07) is 2.87. The molecule has 0 aliphatic heterocycles. The van der Waals surface area contributed by atoms with Crippen molar-refractivity contribution in [2.24, 2.45) is 4.99 Å². The van der Waals surface area contributed by atoms with E-state index in [1.807, 2.05) is 0 Å². The summed E-state index contributed by atoms with van der Waals surface area (Å²) in [6.45, 7) is 1.64. The van der Waals surface area contributed by atoms with Gasteiger partial charge in [0.05, 0.1) is 10.4 Å². The summed E-state index contributed by atoms with van der Waals surface area (Å²) in [4.78, 5) is 14.8. The molecule has 0 atom stereocenters. The summed E-state index contributed by atoms with van der Waals surface area (Å²) in [7, 11) is -3.47. The van der Waals surface area contributed by atoms with Crippen molar-refractivity contribution in [2.45, 2.75) is 43.0 Å². The van der Waals surface area contributed by atoms with E-state index in [1.165, 1.54) is 12.1 Å². The Labute approximate surface area is 118 Å². The first-order valence-corrected chi connectivity index (χ1v) is 8.32. The Morgan fingerprint density at radius 1 is 1.30 bits per heavy atom. The Hall–Kier alpha value is -1.65. The van der Waals surface area contributed by atoms with Crippen molar-refractivity contribution in [3.63, 3.8) is 0 Å². The zero-order chi connectivity index (χ0) is 15.0. The first-order chi connectivity index (χ1) is 9.30. The maximum atomic E-state index is 12.0. The molecular formula is C14H17NO4S. The second kappa shape index (κ2) is 5.04. The number of rotatable bonds is 3. The van der Waals surface area contributed by atoms with E-state index in [-0.39, 0.29) is 10.6 Å². The minimum atomic E-state index is -3.47. The summed E-state index contributed by atoms with van der Waals surface area (Å²) < 4.78 is 24.0. The number of aryl methyl sites for hydroxylation is 1. The standard InChI is InChI=1S/C14H17NO4S/c1-10-7-13(20(2,18)19)11(8-12(10)17)14(15-9-16)5-3-4-6-14/h7-8,17H,3-6H2,1-2H3. The van der Waals surface area contributed by atoms with Gasteiger partial charge in [-0.2, -0.15) is 4.99 Å². The molecule has 1 fully saturated rings. The summed E-state index contributed by atoms with van der Waals surface area (Å²) in [6.07, 6.45) is 5.59. The molecule has 0 bridgehead atoms. The summed E-state index contributed by atoms with van der Waals surface area (Å²) in [5, 5.41) is 9.90. The number of hydrogen-bond acceptors (Lipinski definition) is 5. The maximum absolute atomic E-state index is 12.0. The van der Waals surface area contributed by atoms with E-state index in [1.54, 1.807) is 13.0 Å². The molecule has 0 amide bonds. The molecule has 108 valence electrons. The van der Waals surface area contributed by atoms with Crippen LogP contribution in [-0.4, -0.2) is 25.9 Å². The highest BCUT2D eigenvalue weighted by Crippen LogP contribution is 2.45. The largest absolute Gasteiger partial charge is 0.508 e. The zero-order valence-electron chi connectivity index (χ0n) is 11.5. The average Bonchev–Trinajstić information content (AvgIpc) is 2.81. The van der Waals surface area contributed by atoms with E-state index in [0.29, 0.717) is 24.0 Å². The van der Waals surface area contributed by atoms with Crippen molar-refractivity contribution in [2.75, 3.05) is 6.26 Å². The maximum Gasteiger partial charge on any atom is 0.235 e. The lowest BCUT2D eigenvalue weighted by molar-refractivity contribution is 0.433. The molecule has 1 aromatic rings. The van der Waals surface area contributed by atoms with Crippen molar-refractivity contribution >= 4 is 15.9 Å². The number of aliphatic imine (C=N–C) groups is 1. The van der Waals surface area contributed by atoms with E-state index in [0.717, 1.165) is 19.1 Å². The number of phenols is 1. The van der Waals surface area contributed by atoms with Gasteiger partial charge in [0, 0.05) is 11.8 Å². The van der Waals surface area contributed by atoms with Gasteiger partial charge in [0.25, 0.3) is 0 Å². The van der Waals surface area contributed by atoms with Gasteiger partial charge in [0.1, 0.15) is 5.75 Å². The van der Waals surface area contributed by atoms with E-state index < -0.39 is 15.4 Å². The van der Waals surface area contributed by atoms with Crippen LogP contribution in [0.2, 0.25) is 0 Å². The van der Waals surface area contributed by atoms with Gasteiger partial charge in [-0.3, -0.25) is 0 Å². The van der Waals surface area contributed by atoms with Crippen LogP contribution in [-0.2, 0) is 20.2 Å². The zero-order valence-corrected chi connectivity index (χ0v) is 12.3. The minimum Gasteiger partial charge on any atom is -0.508 e. The fourth-order valence-corrected chi connectivity index (χ4v) is 3.87. The van der Waals surface area contributed by atoms with Gasteiger partial charge in [0.2, 0.25) is 6.08 Å². The van der Waals surface area contributed by atoms with Gasteiger partial charge in [-0.15, -0.1) is 0 Å². The van der Waals surface area contributed by atoms with Crippen LogP contribution in [0.5, 0.6) is 5.75 Å². The van der Waals surface area contributed by atoms with Crippen LogP contribution in [0, 0.1) is 6.92 Å². The van der Waals surface area contributed by atoms with Gasteiger partial charge in [-0.05, 0) is 37.5 Å². The highest BCUT2D eigenvalue weighted by Gasteiger charge is 2.39. The quantitative estimate of drug-likeness (QED) is 0.684. The Morgan fingerprint density at radius 2 is 1.90 bits per heavy atom. The Balaban J connectivity index is 2.78. The molecule has 1 aliphatic carbocycles. The molecule has 1 aliphatic rings.